The lowest BCUT2D eigenvalue weighted by Gasteiger charge is -2.17. The highest BCUT2D eigenvalue weighted by molar-refractivity contribution is 7.91. The maximum atomic E-state index is 11.5. The summed E-state index contributed by atoms with van der Waals surface area (Å²) >= 11 is 0. The summed E-state index contributed by atoms with van der Waals surface area (Å²) in [7, 11) is -1.60. The second-order valence-electron chi connectivity index (χ2n) is 4.98. The second-order valence-corrected chi connectivity index (χ2v) is 7.21. The van der Waals surface area contributed by atoms with Crippen LogP contribution < -0.4 is 4.74 Å². The summed E-state index contributed by atoms with van der Waals surface area (Å²) in [5.74, 6) is -1.60. The molecule has 0 aromatic carbocycles. The molecule has 0 amide bonds. The van der Waals surface area contributed by atoms with Gasteiger partial charge in [-0.2, -0.15) is 0 Å². The fourth-order valence-electron chi connectivity index (χ4n) is 2.51. The van der Waals surface area contributed by atoms with Crippen molar-refractivity contribution in [2.75, 3.05) is 18.6 Å². The summed E-state index contributed by atoms with van der Waals surface area (Å²) in [5.41, 5.74) is 0.598. The van der Waals surface area contributed by atoms with Crippen LogP contribution in [0.15, 0.2) is 18.2 Å². The molecule has 1 aliphatic rings. The van der Waals surface area contributed by atoms with E-state index in [0.29, 0.717) is 18.0 Å². The van der Waals surface area contributed by atoms with Gasteiger partial charge in [0.2, 0.25) is 5.88 Å². The number of aromatic nitrogens is 1. The number of aliphatic carboxylic acids is 1. The van der Waals surface area contributed by atoms with Gasteiger partial charge in [-0.25, -0.2) is 13.4 Å². The Morgan fingerprint density at radius 3 is 2.85 bits per heavy atom. The molecule has 1 saturated heterocycles. The first-order valence-electron chi connectivity index (χ1n) is 6.34. The molecule has 1 aromatic rings. The van der Waals surface area contributed by atoms with E-state index in [4.69, 9.17) is 4.74 Å². The summed E-state index contributed by atoms with van der Waals surface area (Å²) in [6.07, 6.45) is 0.621. The monoisotopic (exact) mass is 299 g/mol. The Kier molecular flexibility index (Phi) is 4.27. The van der Waals surface area contributed by atoms with Crippen LogP contribution in [0.4, 0.5) is 0 Å². The molecule has 2 unspecified atom stereocenters. The third kappa shape index (κ3) is 3.47. The van der Waals surface area contributed by atoms with Gasteiger partial charge in [0.1, 0.15) is 0 Å². The number of pyridine rings is 1. The van der Waals surface area contributed by atoms with Crippen LogP contribution >= 0.6 is 0 Å². The molecule has 2 rings (SSSR count). The van der Waals surface area contributed by atoms with E-state index in [1.165, 1.54) is 7.11 Å². The number of hydrogen-bond acceptors (Lipinski definition) is 5. The maximum absolute atomic E-state index is 11.5. The zero-order valence-electron chi connectivity index (χ0n) is 11.2. The number of hydrogen-bond donors (Lipinski definition) is 1. The van der Waals surface area contributed by atoms with Crippen LogP contribution in [0.25, 0.3) is 0 Å². The van der Waals surface area contributed by atoms with E-state index in [2.05, 4.69) is 4.98 Å². The fourth-order valence-corrected chi connectivity index (χ4v) is 4.39. The minimum atomic E-state index is -3.09. The molecule has 0 saturated carbocycles. The Morgan fingerprint density at radius 2 is 2.30 bits per heavy atom. The van der Waals surface area contributed by atoms with E-state index in [-0.39, 0.29) is 23.8 Å². The number of methoxy groups -OCH3 is 1. The van der Waals surface area contributed by atoms with Gasteiger partial charge in [0, 0.05) is 18.2 Å². The molecule has 110 valence electrons. The summed E-state index contributed by atoms with van der Waals surface area (Å²) in [5, 5.41) is 9.34. The van der Waals surface area contributed by atoms with Crippen molar-refractivity contribution in [3.8, 4) is 5.88 Å². The molecule has 1 fully saturated rings. The van der Waals surface area contributed by atoms with E-state index < -0.39 is 21.7 Å². The Morgan fingerprint density at radius 1 is 1.55 bits per heavy atom. The van der Waals surface area contributed by atoms with E-state index in [9.17, 15) is 18.3 Å². The predicted molar refractivity (Wildman–Crippen MR) is 72.4 cm³/mol. The van der Waals surface area contributed by atoms with Crippen LogP contribution in [0.1, 0.15) is 12.1 Å². The van der Waals surface area contributed by atoms with Crippen LogP contribution in [0, 0.1) is 11.8 Å². The van der Waals surface area contributed by atoms with E-state index >= 15 is 0 Å². The van der Waals surface area contributed by atoms with Crippen molar-refractivity contribution in [2.45, 2.75) is 12.8 Å². The van der Waals surface area contributed by atoms with Gasteiger partial charge in [-0.1, -0.05) is 6.07 Å². The zero-order chi connectivity index (χ0) is 14.8. The zero-order valence-corrected chi connectivity index (χ0v) is 12.0. The predicted octanol–water partition coefficient (Wildman–Crippen LogP) is 0.768. The third-order valence-electron chi connectivity index (χ3n) is 3.57. The Hall–Kier alpha value is -1.63. The van der Waals surface area contributed by atoms with Crippen LogP contribution in [0.5, 0.6) is 5.88 Å². The number of nitrogens with zero attached hydrogens (tertiary/aromatic N) is 1. The lowest BCUT2D eigenvalue weighted by Crippen LogP contribution is -2.27. The number of carboxylic acid groups (broad SMARTS) is 1. The van der Waals surface area contributed by atoms with Crippen molar-refractivity contribution < 1.29 is 23.1 Å². The van der Waals surface area contributed by atoms with Crippen molar-refractivity contribution in [1.82, 2.24) is 4.98 Å². The van der Waals surface area contributed by atoms with Gasteiger partial charge in [-0.05, 0) is 18.4 Å². The SMILES string of the molecule is COc1cccc(CC(C(=O)O)C2CCS(=O)(=O)C2)n1. The molecule has 0 bridgehead atoms. The first kappa shape index (κ1) is 14.8. The van der Waals surface area contributed by atoms with Gasteiger partial charge in [0.05, 0.1) is 24.5 Å². The molecule has 1 aliphatic heterocycles. The van der Waals surface area contributed by atoms with Crippen molar-refractivity contribution in [1.29, 1.82) is 0 Å². The lowest BCUT2D eigenvalue weighted by atomic mass is 9.88. The van der Waals surface area contributed by atoms with Crippen molar-refractivity contribution in [2.24, 2.45) is 11.8 Å². The smallest absolute Gasteiger partial charge is 0.307 e. The Labute approximate surface area is 117 Å². The summed E-state index contributed by atoms with van der Waals surface area (Å²) in [6.45, 7) is 0. The minimum Gasteiger partial charge on any atom is -0.481 e. The first-order valence-corrected chi connectivity index (χ1v) is 8.16. The molecule has 7 heteroatoms. The number of carboxylic acids is 1. The summed E-state index contributed by atoms with van der Waals surface area (Å²) in [6, 6.07) is 5.15. The van der Waals surface area contributed by atoms with E-state index in [1.54, 1.807) is 18.2 Å². The molecule has 0 aliphatic carbocycles. The van der Waals surface area contributed by atoms with Crippen LogP contribution in [0.3, 0.4) is 0 Å². The van der Waals surface area contributed by atoms with E-state index in [0.717, 1.165) is 0 Å². The van der Waals surface area contributed by atoms with Gasteiger partial charge >= 0.3 is 5.97 Å². The van der Waals surface area contributed by atoms with Gasteiger partial charge in [0.15, 0.2) is 9.84 Å². The van der Waals surface area contributed by atoms with Gasteiger partial charge in [-0.3, -0.25) is 4.79 Å². The Bertz CT molecular complexity index is 599. The highest BCUT2D eigenvalue weighted by atomic mass is 32.2. The normalized spacial score (nSPS) is 22.4. The number of carbonyl (C=O) groups is 1. The number of rotatable bonds is 5. The fraction of sp³-hybridized carbons (Fsp3) is 0.538. The van der Waals surface area contributed by atoms with Gasteiger partial charge in [-0.15, -0.1) is 0 Å². The topological polar surface area (TPSA) is 93.6 Å². The molecular formula is C13H17NO5S. The average molecular weight is 299 g/mol. The lowest BCUT2D eigenvalue weighted by molar-refractivity contribution is -0.143. The second kappa shape index (κ2) is 5.78. The van der Waals surface area contributed by atoms with Crippen molar-refractivity contribution in [3.63, 3.8) is 0 Å². The standard InChI is InChI=1S/C13H17NO5S/c1-19-12-4-2-3-10(14-12)7-11(13(15)16)9-5-6-20(17,18)8-9/h2-4,9,11H,5-8H2,1H3,(H,15,16). The van der Waals surface area contributed by atoms with Crippen molar-refractivity contribution >= 4 is 15.8 Å². The minimum absolute atomic E-state index is 0.0477. The molecule has 0 spiro atoms. The molecular weight excluding hydrogens is 282 g/mol. The van der Waals surface area contributed by atoms with Crippen LogP contribution in [-0.2, 0) is 21.1 Å². The third-order valence-corrected chi connectivity index (χ3v) is 5.37. The molecule has 6 nitrogen and oxygen atoms in total. The average Bonchev–Trinajstić information content (AvgIpc) is 2.76. The molecule has 0 radical (unpaired) electrons. The number of sulfone groups is 1. The summed E-state index contributed by atoms with van der Waals surface area (Å²) in [4.78, 5) is 15.6. The van der Waals surface area contributed by atoms with Crippen LogP contribution in [0.2, 0.25) is 0 Å². The quantitative estimate of drug-likeness (QED) is 0.863. The largest absolute Gasteiger partial charge is 0.481 e. The molecule has 1 N–H and O–H groups in total. The van der Waals surface area contributed by atoms with Crippen LogP contribution in [-0.4, -0.2) is 43.1 Å². The van der Waals surface area contributed by atoms with Gasteiger partial charge in [0.25, 0.3) is 0 Å². The number of ether oxygens (including phenoxy) is 1. The molecule has 2 atom stereocenters. The Balaban J connectivity index is 2.16. The summed E-state index contributed by atoms with van der Waals surface area (Å²) < 4.78 is 28.0. The van der Waals surface area contributed by atoms with Gasteiger partial charge < -0.3 is 9.84 Å². The highest BCUT2D eigenvalue weighted by Gasteiger charge is 2.37. The molecule has 20 heavy (non-hydrogen) atoms. The van der Waals surface area contributed by atoms with E-state index in [1.807, 2.05) is 0 Å². The molecule has 1 aromatic heterocycles. The van der Waals surface area contributed by atoms with Crippen molar-refractivity contribution in [3.05, 3.63) is 23.9 Å². The first-order chi connectivity index (χ1) is 9.41. The molecule has 2 heterocycles. The maximum Gasteiger partial charge on any atom is 0.307 e. The highest BCUT2D eigenvalue weighted by Crippen LogP contribution is 2.28.